The molecule has 1 aromatic heterocycles. The second-order valence-corrected chi connectivity index (χ2v) is 6.00. The lowest BCUT2D eigenvalue weighted by Gasteiger charge is -2.34. The summed E-state index contributed by atoms with van der Waals surface area (Å²) in [4.78, 5) is 11.0. The fourth-order valence-corrected chi connectivity index (χ4v) is 3.27. The highest BCUT2D eigenvalue weighted by molar-refractivity contribution is 5.92. The maximum Gasteiger partial charge on any atom is 0.162 e. The SMILES string of the molecule is COc1cc2ncnc(N3CCC(C(O)CO)CC3)c2cc1OC. The molecule has 0 amide bonds. The highest BCUT2D eigenvalue weighted by Gasteiger charge is 2.26. The molecular formula is C17H23N3O4. The Hall–Kier alpha value is -2.12. The molecule has 2 N–H and O–H groups in total. The van der Waals surface area contributed by atoms with E-state index < -0.39 is 6.10 Å². The molecule has 2 aromatic rings. The van der Waals surface area contributed by atoms with Gasteiger partial charge in [-0.25, -0.2) is 9.97 Å². The number of aliphatic hydroxyl groups excluding tert-OH is 2. The zero-order valence-electron chi connectivity index (χ0n) is 14.0. The minimum Gasteiger partial charge on any atom is -0.493 e. The highest BCUT2D eigenvalue weighted by atomic mass is 16.5. The summed E-state index contributed by atoms with van der Waals surface area (Å²) in [5.41, 5.74) is 0.801. The number of rotatable bonds is 5. The first kappa shape index (κ1) is 16.7. The third kappa shape index (κ3) is 3.09. The molecule has 0 radical (unpaired) electrons. The van der Waals surface area contributed by atoms with Gasteiger partial charge in [-0.2, -0.15) is 0 Å². The van der Waals surface area contributed by atoms with Gasteiger partial charge in [0.05, 0.1) is 32.4 Å². The van der Waals surface area contributed by atoms with Gasteiger partial charge in [0.1, 0.15) is 12.1 Å². The second kappa shape index (κ2) is 7.19. The Morgan fingerprint density at radius 3 is 2.46 bits per heavy atom. The summed E-state index contributed by atoms with van der Waals surface area (Å²) in [7, 11) is 3.21. The number of ether oxygens (including phenoxy) is 2. The minimum atomic E-state index is -0.640. The van der Waals surface area contributed by atoms with E-state index in [0.29, 0.717) is 11.5 Å². The number of aromatic nitrogens is 2. The lowest BCUT2D eigenvalue weighted by atomic mass is 9.91. The molecule has 7 nitrogen and oxygen atoms in total. The Labute approximate surface area is 140 Å². The molecule has 1 fully saturated rings. The van der Waals surface area contributed by atoms with Gasteiger partial charge in [0.25, 0.3) is 0 Å². The van der Waals surface area contributed by atoms with Crippen LogP contribution >= 0.6 is 0 Å². The molecule has 0 saturated carbocycles. The molecule has 1 aliphatic rings. The molecule has 130 valence electrons. The summed E-state index contributed by atoms with van der Waals surface area (Å²) < 4.78 is 10.7. The quantitative estimate of drug-likeness (QED) is 0.850. The second-order valence-electron chi connectivity index (χ2n) is 6.00. The number of methoxy groups -OCH3 is 2. The summed E-state index contributed by atoms with van der Waals surface area (Å²) in [5.74, 6) is 2.28. The fraction of sp³-hybridized carbons (Fsp3) is 0.529. The van der Waals surface area contributed by atoms with Crippen LogP contribution < -0.4 is 14.4 Å². The highest BCUT2D eigenvalue weighted by Crippen LogP contribution is 2.35. The number of hydrogen-bond donors (Lipinski definition) is 2. The summed E-state index contributed by atoms with van der Waals surface area (Å²) in [6.07, 6.45) is 2.55. The molecule has 1 aliphatic heterocycles. The smallest absolute Gasteiger partial charge is 0.162 e. The largest absolute Gasteiger partial charge is 0.493 e. The van der Waals surface area contributed by atoms with Crippen LogP contribution in [0.5, 0.6) is 11.5 Å². The van der Waals surface area contributed by atoms with E-state index in [-0.39, 0.29) is 12.5 Å². The average Bonchev–Trinajstić information content (AvgIpc) is 2.65. The number of piperidine rings is 1. The number of nitrogens with zero attached hydrogens (tertiary/aromatic N) is 3. The fourth-order valence-electron chi connectivity index (χ4n) is 3.27. The first-order valence-electron chi connectivity index (χ1n) is 8.08. The Kier molecular flexibility index (Phi) is 5.01. The van der Waals surface area contributed by atoms with E-state index in [4.69, 9.17) is 14.6 Å². The third-order valence-corrected chi connectivity index (χ3v) is 4.69. The van der Waals surface area contributed by atoms with Crippen LogP contribution in [0.1, 0.15) is 12.8 Å². The Morgan fingerprint density at radius 1 is 1.17 bits per heavy atom. The van der Waals surface area contributed by atoms with Crippen molar-refractivity contribution in [3.05, 3.63) is 18.5 Å². The normalized spacial score (nSPS) is 17.1. The molecule has 1 unspecified atom stereocenters. The topological polar surface area (TPSA) is 87.9 Å². The van der Waals surface area contributed by atoms with Crippen LogP contribution in [0.25, 0.3) is 10.9 Å². The minimum absolute atomic E-state index is 0.133. The van der Waals surface area contributed by atoms with Crippen LogP contribution in [-0.2, 0) is 0 Å². The van der Waals surface area contributed by atoms with E-state index in [2.05, 4.69) is 14.9 Å². The molecule has 3 rings (SSSR count). The van der Waals surface area contributed by atoms with Crippen molar-refractivity contribution >= 4 is 16.7 Å². The number of benzene rings is 1. The van der Waals surface area contributed by atoms with E-state index in [9.17, 15) is 5.11 Å². The predicted octanol–water partition coefficient (Wildman–Crippen LogP) is 1.22. The molecule has 1 saturated heterocycles. The number of fused-ring (bicyclic) bond motifs is 1. The van der Waals surface area contributed by atoms with E-state index in [1.165, 1.54) is 0 Å². The van der Waals surface area contributed by atoms with Crippen LogP contribution in [0, 0.1) is 5.92 Å². The van der Waals surface area contributed by atoms with Crippen LogP contribution in [0.2, 0.25) is 0 Å². The van der Waals surface area contributed by atoms with Crippen molar-refractivity contribution in [3.63, 3.8) is 0 Å². The average molecular weight is 333 g/mol. The molecule has 24 heavy (non-hydrogen) atoms. The van der Waals surface area contributed by atoms with Gasteiger partial charge in [0.2, 0.25) is 0 Å². The van der Waals surface area contributed by atoms with Gasteiger partial charge in [0, 0.05) is 24.5 Å². The van der Waals surface area contributed by atoms with Gasteiger partial charge in [-0.3, -0.25) is 0 Å². The first-order chi connectivity index (χ1) is 11.7. The molecule has 7 heteroatoms. The van der Waals surface area contributed by atoms with Crippen molar-refractivity contribution < 1.29 is 19.7 Å². The van der Waals surface area contributed by atoms with Crippen LogP contribution in [0.4, 0.5) is 5.82 Å². The third-order valence-electron chi connectivity index (χ3n) is 4.69. The Balaban J connectivity index is 1.90. The zero-order valence-corrected chi connectivity index (χ0v) is 14.0. The first-order valence-corrected chi connectivity index (χ1v) is 8.08. The number of hydrogen-bond acceptors (Lipinski definition) is 7. The van der Waals surface area contributed by atoms with Gasteiger partial charge in [-0.1, -0.05) is 0 Å². The maximum absolute atomic E-state index is 9.81. The van der Waals surface area contributed by atoms with Gasteiger partial charge in [-0.15, -0.1) is 0 Å². The van der Waals surface area contributed by atoms with Gasteiger partial charge in [0.15, 0.2) is 11.5 Å². The number of aliphatic hydroxyl groups is 2. The van der Waals surface area contributed by atoms with Crippen molar-refractivity contribution in [2.45, 2.75) is 18.9 Å². The van der Waals surface area contributed by atoms with Crippen LogP contribution in [0.15, 0.2) is 18.5 Å². The molecule has 0 spiro atoms. The summed E-state index contributed by atoms with van der Waals surface area (Å²) >= 11 is 0. The van der Waals surface area contributed by atoms with Gasteiger partial charge >= 0.3 is 0 Å². The summed E-state index contributed by atoms with van der Waals surface area (Å²) in [6.45, 7) is 1.38. The van der Waals surface area contributed by atoms with E-state index in [1.807, 2.05) is 12.1 Å². The lowest BCUT2D eigenvalue weighted by Crippen LogP contribution is -2.39. The standard InChI is InChI=1S/C17H23N3O4/c1-23-15-7-12-13(8-16(15)24-2)18-10-19-17(12)20-5-3-11(4-6-20)14(22)9-21/h7-8,10-11,14,21-22H,3-6,9H2,1-2H3. The molecule has 2 heterocycles. The van der Waals surface area contributed by atoms with Crippen molar-refractivity contribution in [1.82, 2.24) is 9.97 Å². The van der Waals surface area contributed by atoms with E-state index in [1.54, 1.807) is 20.5 Å². The molecule has 0 bridgehead atoms. The van der Waals surface area contributed by atoms with E-state index >= 15 is 0 Å². The summed E-state index contributed by atoms with van der Waals surface area (Å²) in [6, 6.07) is 3.75. The summed E-state index contributed by atoms with van der Waals surface area (Å²) in [5, 5.41) is 19.8. The maximum atomic E-state index is 9.81. The Morgan fingerprint density at radius 2 is 1.83 bits per heavy atom. The van der Waals surface area contributed by atoms with E-state index in [0.717, 1.165) is 42.7 Å². The van der Waals surface area contributed by atoms with Crippen molar-refractivity contribution in [3.8, 4) is 11.5 Å². The lowest BCUT2D eigenvalue weighted by molar-refractivity contribution is 0.0376. The van der Waals surface area contributed by atoms with Crippen molar-refractivity contribution in [1.29, 1.82) is 0 Å². The molecule has 0 aliphatic carbocycles. The van der Waals surface area contributed by atoms with Gasteiger partial charge < -0.3 is 24.6 Å². The monoisotopic (exact) mass is 333 g/mol. The number of anilines is 1. The van der Waals surface area contributed by atoms with Crippen molar-refractivity contribution in [2.24, 2.45) is 5.92 Å². The molecular weight excluding hydrogens is 310 g/mol. The Bertz CT molecular complexity index is 702. The molecule has 1 atom stereocenters. The van der Waals surface area contributed by atoms with Crippen LogP contribution in [-0.4, -0.2) is 60.2 Å². The van der Waals surface area contributed by atoms with Gasteiger partial charge in [-0.05, 0) is 24.8 Å². The van der Waals surface area contributed by atoms with Crippen molar-refractivity contribution in [2.75, 3.05) is 38.8 Å². The predicted molar refractivity (Wildman–Crippen MR) is 90.7 cm³/mol. The molecule has 1 aromatic carbocycles. The van der Waals surface area contributed by atoms with Crippen LogP contribution in [0.3, 0.4) is 0 Å². The zero-order chi connectivity index (χ0) is 17.1.